The molecular formula is C35H45FN4O12. The second-order valence-corrected chi connectivity index (χ2v) is 14.4. The van der Waals surface area contributed by atoms with E-state index in [-0.39, 0.29) is 31.4 Å². The molecule has 5 atom stereocenters. The number of ether oxygens (including phenoxy) is 2. The summed E-state index contributed by atoms with van der Waals surface area (Å²) in [7, 11) is 2.97. The largest absolute Gasteiger partial charge is 0.510 e. The number of Topliss-reactive ketones (excluding diaryl/α,β-unsaturated/α-hetero) is 2. The molecule has 3 aliphatic rings. The number of halogens is 1. The Labute approximate surface area is 298 Å². The monoisotopic (exact) mass is 732 g/mol. The van der Waals surface area contributed by atoms with E-state index in [9.17, 15) is 49.2 Å². The van der Waals surface area contributed by atoms with Crippen molar-refractivity contribution in [2.75, 3.05) is 26.0 Å². The minimum atomic E-state index is -2.88. The number of carbonyl (C=O) groups excluding carboxylic acids is 6. The minimum Gasteiger partial charge on any atom is -0.510 e. The Morgan fingerprint density at radius 3 is 2.38 bits per heavy atom. The number of fused-ring (bicyclic) bond motifs is 3. The fourth-order valence-corrected chi connectivity index (χ4v) is 6.97. The maximum atomic E-state index is 15.7. The summed E-state index contributed by atoms with van der Waals surface area (Å²) in [5.74, 6) is -11.6. The van der Waals surface area contributed by atoms with Crippen LogP contribution in [0.4, 0.5) is 14.9 Å². The number of primary amides is 1. The number of amides is 3. The molecule has 4 rings (SSSR count). The number of nitrogens with two attached hydrogens (primary N) is 1. The van der Waals surface area contributed by atoms with Gasteiger partial charge in [0.2, 0.25) is 11.7 Å². The predicted octanol–water partition coefficient (Wildman–Crippen LogP) is 2.22. The molecule has 17 heteroatoms. The Hall–Kier alpha value is -5.03. The molecule has 0 fully saturated rings. The normalized spacial score (nSPS) is 23.4. The third kappa shape index (κ3) is 7.46. The van der Waals surface area contributed by atoms with Crippen LogP contribution >= 0.6 is 0 Å². The van der Waals surface area contributed by atoms with E-state index < -0.39 is 122 Å². The van der Waals surface area contributed by atoms with Gasteiger partial charge >= 0.3 is 12.1 Å². The van der Waals surface area contributed by atoms with Gasteiger partial charge in [-0.15, -0.1) is 0 Å². The smallest absolute Gasteiger partial charge is 0.408 e. The van der Waals surface area contributed by atoms with Crippen molar-refractivity contribution in [1.82, 2.24) is 10.2 Å². The number of esters is 1. The number of nitrogens with zero attached hydrogens (tertiary/aromatic N) is 1. The second-order valence-electron chi connectivity index (χ2n) is 14.4. The van der Waals surface area contributed by atoms with Gasteiger partial charge < -0.3 is 46.3 Å². The number of hydrogen-bond donors (Lipinski definition) is 7. The summed E-state index contributed by atoms with van der Waals surface area (Å²) in [5, 5.41) is 49.9. The molecule has 0 heterocycles. The number of likely N-dealkylation sites (N-methyl/N-ethyl adjacent to an activating group) is 1. The van der Waals surface area contributed by atoms with E-state index in [0.29, 0.717) is 6.42 Å². The first kappa shape index (κ1) is 39.8. The Kier molecular flexibility index (Phi) is 11.4. The lowest BCUT2D eigenvalue weighted by Gasteiger charge is -2.50. The quantitative estimate of drug-likeness (QED) is 0.0747. The number of allylic oxidation sites excluding steroid dienone is 1. The molecule has 1 aromatic rings. The zero-order valence-electron chi connectivity index (χ0n) is 29.8. The summed E-state index contributed by atoms with van der Waals surface area (Å²) < 4.78 is 26.1. The van der Waals surface area contributed by atoms with E-state index in [1.807, 2.05) is 6.92 Å². The molecule has 0 aromatic heterocycles. The van der Waals surface area contributed by atoms with Crippen LogP contribution in [0.15, 0.2) is 28.7 Å². The highest BCUT2D eigenvalue weighted by molar-refractivity contribution is 6.25. The average Bonchev–Trinajstić information content (AvgIpc) is 3.02. The van der Waals surface area contributed by atoms with Crippen LogP contribution in [0.1, 0.15) is 75.7 Å². The first-order valence-corrected chi connectivity index (χ1v) is 16.8. The number of hydrogen-bond acceptors (Lipinski definition) is 13. The van der Waals surface area contributed by atoms with Gasteiger partial charge in [0.1, 0.15) is 34.6 Å². The summed E-state index contributed by atoms with van der Waals surface area (Å²) >= 11 is 0. The molecule has 0 spiro atoms. The van der Waals surface area contributed by atoms with Gasteiger partial charge in [0.05, 0.1) is 23.9 Å². The third-order valence-electron chi connectivity index (χ3n) is 9.32. The fourth-order valence-electron chi connectivity index (χ4n) is 6.97. The van der Waals surface area contributed by atoms with Gasteiger partial charge in [0, 0.05) is 29.5 Å². The topological polar surface area (TPSA) is 255 Å². The van der Waals surface area contributed by atoms with Gasteiger partial charge in [-0.2, -0.15) is 0 Å². The third-order valence-corrected chi connectivity index (χ3v) is 9.32. The summed E-state index contributed by atoms with van der Waals surface area (Å²) in [4.78, 5) is 79.1. The van der Waals surface area contributed by atoms with Crippen molar-refractivity contribution in [1.29, 1.82) is 0 Å². The van der Waals surface area contributed by atoms with Crippen LogP contribution in [0.25, 0.3) is 0 Å². The van der Waals surface area contributed by atoms with Crippen LogP contribution in [0.3, 0.4) is 0 Å². The van der Waals surface area contributed by atoms with E-state index >= 15 is 4.39 Å². The maximum Gasteiger partial charge on any atom is 0.408 e. The van der Waals surface area contributed by atoms with Crippen molar-refractivity contribution in [2.24, 2.45) is 17.6 Å². The first-order valence-electron chi connectivity index (χ1n) is 16.8. The van der Waals surface area contributed by atoms with Gasteiger partial charge in [-0.05, 0) is 66.5 Å². The SMILES string of the molecule is CCCCOC(=O)[C@H](CCC(=O)Nc1cc(F)c2c(c1O)C(=O)C1=C(O)[C@]3(O)C(=O)C(C(N)=O)=C(O)[C@@H](N(C)C)[C@@H]3C[C@@H]1C2)NC(=O)OC(C)(C)C. The number of benzene rings is 1. The van der Waals surface area contributed by atoms with Gasteiger partial charge in [0.25, 0.3) is 5.91 Å². The van der Waals surface area contributed by atoms with Gasteiger partial charge in [0.15, 0.2) is 17.1 Å². The van der Waals surface area contributed by atoms with Crippen molar-refractivity contribution in [2.45, 2.75) is 89.5 Å². The van der Waals surface area contributed by atoms with Crippen molar-refractivity contribution in [3.05, 3.63) is 45.7 Å². The summed E-state index contributed by atoms with van der Waals surface area (Å²) in [6.07, 6.45) is -0.900. The minimum absolute atomic E-state index is 0.0745. The molecule has 3 amide bonds. The number of alkyl carbamates (subject to hydrolysis) is 1. The number of aliphatic hydroxyl groups excluding tert-OH is 2. The van der Waals surface area contributed by atoms with Gasteiger partial charge in [-0.3, -0.25) is 24.1 Å². The highest BCUT2D eigenvalue weighted by atomic mass is 19.1. The lowest BCUT2D eigenvalue weighted by atomic mass is 9.58. The van der Waals surface area contributed by atoms with Crippen molar-refractivity contribution >= 4 is 41.1 Å². The van der Waals surface area contributed by atoms with E-state index in [4.69, 9.17) is 15.2 Å². The number of phenols is 1. The van der Waals surface area contributed by atoms with Crippen LogP contribution in [-0.2, 0) is 35.1 Å². The molecule has 0 radical (unpaired) electrons. The van der Waals surface area contributed by atoms with E-state index in [1.165, 1.54) is 19.0 Å². The zero-order valence-corrected chi connectivity index (χ0v) is 29.8. The molecule has 16 nitrogen and oxygen atoms in total. The molecular weight excluding hydrogens is 687 g/mol. The molecule has 3 aliphatic carbocycles. The Morgan fingerprint density at radius 2 is 1.81 bits per heavy atom. The van der Waals surface area contributed by atoms with Crippen LogP contribution in [-0.4, -0.2) is 105 Å². The number of aliphatic hydroxyl groups is 3. The van der Waals surface area contributed by atoms with E-state index in [2.05, 4.69) is 10.6 Å². The second kappa shape index (κ2) is 14.9. The number of ketones is 2. The summed E-state index contributed by atoms with van der Waals surface area (Å²) in [6, 6.07) is -1.72. The van der Waals surface area contributed by atoms with E-state index in [1.54, 1.807) is 20.8 Å². The first-order chi connectivity index (χ1) is 24.1. The number of unbranched alkanes of at least 4 members (excludes halogenated alkanes) is 1. The zero-order chi connectivity index (χ0) is 39.0. The van der Waals surface area contributed by atoms with Crippen LogP contribution in [0, 0.1) is 17.7 Å². The number of nitrogens with one attached hydrogen (secondary N) is 2. The highest BCUT2D eigenvalue weighted by Gasteiger charge is 2.63. The molecule has 284 valence electrons. The molecule has 52 heavy (non-hydrogen) atoms. The van der Waals surface area contributed by atoms with Gasteiger partial charge in [-0.25, -0.2) is 14.0 Å². The van der Waals surface area contributed by atoms with Crippen molar-refractivity contribution in [3.8, 4) is 5.75 Å². The molecule has 1 aromatic carbocycles. The maximum absolute atomic E-state index is 15.7. The predicted molar refractivity (Wildman–Crippen MR) is 181 cm³/mol. The van der Waals surface area contributed by atoms with Gasteiger partial charge in [-0.1, -0.05) is 13.3 Å². The number of aromatic hydroxyl groups is 1. The lowest BCUT2D eigenvalue weighted by molar-refractivity contribution is -0.148. The standard InChI is InChI=1S/C35H45FN4O12/c1-7-8-11-51-32(48)19(39-33(49)52-34(2,3)4)9-10-21(41)38-20-14-18(36)16-12-15-13-17-25(40(5)6)28(44)24(31(37)47)30(46)35(17,50)29(45)22(15)27(43)23(16)26(20)42/h14-15,17,19,25,42,44-45,50H,7-13H2,1-6H3,(H2,37,47)(H,38,41)(H,39,49)/t15-,17-,19-,25-,35-/m0/s1. The number of carbonyl (C=O) groups is 6. The van der Waals surface area contributed by atoms with Crippen molar-refractivity contribution < 1.29 is 63.1 Å². The molecule has 0 saturated heterocycles. The van der Waals surface area contributed by atoms with E-state index in [0.717, 1.165) is 12.5 Å². The number of phenolic OH excluding ortho intramolecular Hbond substituents is 1. The van der Waals surface area contributed by atoms with Crippen molar-refractivity contribution in [3.63, 3.8) is 0 Å². The number of anilines is 1. The Bertz CT molecular complexity index is 1760. The Balaban J connectivity index is 1.63. The lowest BCUT2D eigenvalue weighted by Crippen LogP contribution is -2.63. The fraction of sp³-hybridized carbons (Fsp3) is 0.543. The molecule has 8 N–H and O–H groups in total. The molecule has 0 saturated carbocycles. The highest BCUT2D eigenvalue weighted by Crippen LogP contribution is 2.53. The molecule has 0 unspecified atom stereocenters. The average molecular weight is 733 g/mol. The van der Waals surface area contributed by atoms with Crippen LogP contribution in [0.2, 0.25) is 0 Å². The van der Waals surface area contributed by atoms with Crippen LogP contribution in [0.5, 0.6) is 5.75 Å². The summed E-state index contributed by atoms with van der Waals surface area (Å²) in [6.45, 7) is 6.81. The summed E-state index contributed by atoms with van der Waals surface area (Å²) in [5.41, 5.74) is -1.33. The number of rotatable bonds is 11. The van der Waals surface area contributed by atoms with Crippen LogP contribution < -0.4 is 16.4 Å². The molecule has 0 aliphatic heterocycles. The Morgan fingerprint density at radius 1 is 1.15 bits per heavy atom. The molecule has 0 bridgehead atoms.